The first-order chi connectivity index (χ1) is 7.79. The Balaban J connectivity index is 2.55. The molecule has 0 heterocycles. The van der Waals surface area contributed by atoms with Gasteiger partial charge in [0, 0.05) is 19.3 Å². The van der Waals surface area contributed by atoms with Gasteiger partial charge in [0.25, 0.3) is 0 Å². The van der Waals surface area contributed by atoms with Gasteiger partial charge in [0.15, 0.2) is 0 Å². The van der Waals surface area contributed by atoms with Gasteiger partial charge < -0.3 is 5.32 Å². The molecule has 0 fully saturated rings. The minimum absolute atomic E-state index is 0.191. The number of rotatable bonds is 5. The summed E-state index contributed by atoms with van der Waals surface area (Å²) in [5, 5.41) is 3.17. The first-order valence-corrected chi connectivity index (χ1v) is 7.81. The molecule has 1 aromatic carbocycles. The fourth-order valence-electron chi connectivity index (χ4n) is 1.69. The lowest BCUT2D eigenvalue weighted by atomic mass is 10.0. The summed E-state index contributed by atoms with van der Waals surface area (Å²) in [6.45, 7) is 7.51. The molecular formula is C13H21NO2S. The van der Waals surface area contributed by atoms with Crippen molar-refractivity contribution in [2.24, 2.45) is 0 Å². The highest BCUT2D eigenvalue weighted by Gasteiger charge is 2.03. The van der Waals surface area contributed by atoms with Crippen LogP contribution in [0.5, 0.6) is 0 Å². The average molecular weight is 255 g/mol. The van der Waals surface area contributed by atoms with Gasteiger partial charge in [-0.1, -0.05) is 12.1 Å². The SMILES string of the molecule is Cc1cc(C)c(CNCCS(C)(=O)=O)cc1C. The Bertz CT molecular complexity index is 492. The number of aryl methyl sites for hydroxylation is 3. The van der Waals surface area contributed by atoms with E-state index in [0.29, 0.717) is 6.54 Å². The second-order valence-electron chi connectivity index (χ2n) is 4.67. The Labute approximate surface area is 104 Å². The van der Waals surface area contributed by atoms with Crippen LogP contribution in [0.1, 0.15) is 22.3 Å². The van der Waals surface area contributed by atoms with E-state index in [-0.39, 0.29) is 5.75 Å². The van der Waals surface area contributed by atoms with Crippen LogP contribution in [0, 0.1) is 20.8 Å². The van der Waals surface area contributed by atoms with Gasteiger partial charge in [0.1, 0.15) is 9.84 Å². The second-order valence-corrected chi connectivity index (χ2v) is 6.93. The molecule has 17 heavy (non-hydrogen) atoms. The summed E-state index contributed by atoms with van der Waals surface area (Å²) in [5.41, 5.74) is 5.06. The van der Waals surface area contributed by atoms with E-state index in [1.54, 1.807) is 0 Å². The van der Waals surface area contributed by atoms with Crippen molar-refractivity contribution in [1.82, 2.24) is 5.32 Å². The maximum absolute atomic E-state index is 11.0. The molecule has 0 unspecified atom stereocenters. The molecule has 0 atom stereocenters. The van der Waals surface area contributed by atoms with Crippen LogP contribution in [0.15, 0.2) is 12.1 Å². The maximum Gasteiger partial charge on any atom is 0.148 e. The Morgan fingerprint density at radius 1 is 1.06 bits per heavy atom. The molecule has 0 aliphatic rings. The zero-order chi connectivity index (χ0) is 13.1. The Morgan fingerprint density at radius 2 is 1.65 bits per heavy atom. The topological polar surface area (TPSA) is 46.2 Å². The highest BCUT2D eigenvalue weighted by Crippen LogP contribution is 2.14. The van der Waals surface area contributed by atoms with Crippen LogP contribution >= 0.6 is 0 Å². The maximum atomic E-state index is 11.0. The van der Waals surface area contributed by atoms with Crippen LogP contribution < -0.4 is 5.32 Å². The van der Waals surface area contributed by atoms with Crippen molar-refractivity contribution < 1.29 is 8.42 Å². The summed E-state index contributed by atoms with van der Waals surface area (Å²) >= 11 is 0. The molecule has 0 aliphatic carbocycles. The number of nitrogens with one attached hydrogen (secondary N) is 1. The summed E-state index contributed by atoms with van der Waals surface area (Å²) < 4.78 is 21.9. The Morgan fingerprint density at radius 3 is 2.24 bits per heavy atom. The molecule has 3 nitrogen and oxygen atoms in total. The van der Waals surface area contributed by atoms with Crippen molar-refractivity contribution in [2.45, 2.75) is 27.3 Å². The normalized spacial score (nSPS) is 11.8. The van der Waals surface area contributed by atoms with E-state index < -0.39 is 9.84 Å². The van der Waals surface area contributed by atoms with Crippen LogP contribution in [-0.2, 0) is 16.4 Å². The van der Waals surface area contributed by atoms with Crippen LogP contribution in [-0.4, -0.2) is 27.0 Å². The minimum atomic E-state index is -2.87. The summed E-state index contributed by atoms with van der Waals surface area (Å²) in [5.74, 6) is 0.191. The van der Waals surface area contributed by atoms with E-state index in [9.17, 15) is 8.42 Å². The number of benzene rings is 1. The molecule has 0 spiro atoms. The smallest absolute Gasteiger partial charge is 0.148 e. The molecule has 0 saturated heterocycles. The molecule has 0 radical (unpaired) electrons. The van der Waals surface area contributed by atoms with Crippen molar-refractivity contribution in [3.63, 3.8) is 0 Å². The largest absolute Gasteiger partial charge is 0.312 e. The van der Waals surface area contributed by atoms with Crippen LogP contribution in [0.25, 0.3) is 0 Å². The summed E-state index contributed by atoms with van der Waals surface area (Å²) in [7, 11) is -2.87. The monoisotopic (exact) mass is 255 g/mol. The molecule has 0 aromatic heterocycles. The highest BCUT2D eigenvalue weighted by atomic mass is 32.2. The highest BCUT2D eigenvalue weighted by molar-refractivity contribution is 7.90. The van der Waals surface area contributed by atoms with Gasteiger partial charge in [-0.2, -0.15) is 0 Å². The molecular weight excluding hydrogens is 234 g/mol. The Hall–Kier alpha value is -0.870. The lowest BCUT2D eigenvalue weighted by Gasteiger charge is -2.10. The summed E-state index contributed by atoms with van der Waals surface area (Å²) in [4.78, 5) is 0. The van der Waals surface area contributed by atoms with Crippen molar-refractivity contribution in [1.29, 1.82) is 0 Å². The predicted octanol–water partition coefficient (Wildman–Crippen LogP) is 1.75. The molecule has 1 aromatic rings. The first kappa shape index (κ1) is 14.2. The fourth-order valence-corrected chi connectivity index (χ4v) is 2.21. The van der Waals surface area contributed by atoms with Crippen LogP contribution in [0.2, 0.25) is 0 Å². The molecule has 4 heteroatoms. The van der Waals surface area contributed by atoms with Crippen molar-refractivity contribution in [3.8, 4) is 0 Å². The van der Waals surface area contributed by atoms with Crippen molar-refractivity contribution >= 4 is 9.84 Å². The van der Waals surface area contributed by atoms with E-state index in [2.05, 4.69) is 38.2 Å². The molecule has 1 N–H and O–H groups in total. The van der Waals surface area contributed by atoms with Gasteiger partial charge >= 0.3 is 0 Å². The Kier molecular flexibility index (Phi) is 4.71. The summed E-state index contributed by atoms with van der Waals surface area (Å²) in [6, 6.07) is 4.33. The van der Waals surface area contributed by atoms with Crippen molar-refractivity contribution in [3.05, 3.63) is 34.4 Å². The van der Waals surface area contributed by atoms with Gasteiger partial charge in [-0.05, 0) is 43.0 Å². The van der Waals surface area contributed by atoms with E-state index in [1.807, 2.05) is 0 Å². The molecule has 0 bridgehead atoms. The van der Waals surface area contributed by atoms with Gasteiger partial charge in [0.05, 0.1) is 5.75 Å². The molecule has 0 amide bonds. The summed E-state index contributed by atoms with van der Waals surface area (Å²) in [6.07, 6.45) is 1.26. The fraction of sp³-hybridized carbons (Fsp3) is 0.538. The predicted molar refractivity (Wildman–Crippen MR) is 72.1 cm³/mol. The molecule has 1 rings (SSSR count). The third kappa shape index (κ3) is 4.88. The van der Waals surface area contributed by atoms with Crippen LogP contribution in [0.3, 0.4) is 0 Å². The van der Waals surface area contributed by atoms with E-state index in [0.717, 1.165) is 6.54 Å². The number of hydrogen-bond acceptors (Lipinski definition) is 3. The third-order valence-electron chi connectivity index (χ3n) is 2.92. The quantitative estimate of drug-likeness (QED) is 0.815. The number of hydrogen-bond donors (Lipinski definition) is 1. The molecule has 96 valence electrons. The average Bonchev–Trinajstić information content (AvgIpc) is 2.18. The van der Waals surface area contributed by atoms with E-state index in [1.165, 1.54) is 28.5 Å². The lowest BCUT2D eigenvalue weighted by molar-refractivity contribution is 0.596. The van der Waals surface area contributed by atoms with Gasteiger partial charge in [0.2, 0.25) is 0 Å². The number of sulfone groups is 1. The minimum Gasteiger partial charge on any atom is -0.312 e. The second kappa shape index (κ2) is 5.65. The van der Waals surface area contributed by atoms with Crippen molar-refractivity contribution in [2.75, 3.05) is 18.6 Å². The molecule has 0 saturated carbocycles. The third-order valence-corrected chi connectivity index (χ3v) is 3.86. The lowest BCUT2D eigenvalue weighted by Crippen LogP contribution is -2.22. The standard InChI is InChI=1S/C13H21NO2S/c1-10-7-12(3)13(8-11(10)2)9-14-5-6-17(4,15)16/h7-8,14H,5-6,9H2,1-4H3. The van der Waals surface area contributed by atoms with E-state index in [4.69, 9.17) is 0 Å². The van der Waals surface area contributed by atoms with Gasteiger partial charge in [-0.3, -0.25) is 0 Å². The van der Waals surface area contributed by atoms with Gasteiger partial charge in [-0.15, -0.1) is 0 Å². The molecule has 0 aliphatic heterocycles. The van der Waals surface area contributed by atoms with Crippen LogP contribution in [0.4, 0.5) is 0 Å². The van der Waals surface area contributed by atoms with E-state index >= 15 is 0 Å². The first-order valence-electron chi connectivity index (χ1n) is 5.75. The van der Waals surface area contributed by atoms with Gasteiger partial charge in [-0.25, -0.2) is 8.42 Å². The zero-order valence-corrected chi connectivity index (χ0v) is 11.8. The zero-order valence-electron chi connectivity index (χ0n) is 11.0.